The van der Waals surface area contributed by atoms with Crippen molar-refractivity contribution in [2.24, 2.45) is 5.92 Å². The number of anilines is 1. The van der Waals surface area contributed by atoms with E-state index in [0.717, 1.165) is 31.8 Å². The van der Waals surface area contributed by atoms with Gasteiger partial charge in [0.15, 0.2) is 0 Å². The lowest BCUT2D eigenvalue weighted by molar-refractivity contribution is -0.117. The van der Waals surface area contributed by atoms with Crippen molar-refractivity contribution in [2.45, 2.75) is 19.8 Å². The predicted octanol–water partition coefficient (Wildman–Crippen LogP) is 3.02. The summed E-state index contributed by atoms with van der Waals surface area (Å²) in [5.41, 5.74) is 0.621. The van der Waals surface area contributed by atoms with Crippen LogP contribution in [0.5, 0.6) is 5.75 Å². The molecular formula is C15H21ClN2O2. The Balaban J connectivity index is 1.92. The normalized spacial score (nSPS) is 16.9. The molecule has 1 aliphatic rings. The van der Waals surface area contributed by atoms with Crippen molar-refractivity contribution in [3.8, 4) is 5.75 Å². The number of carbonyl (C=O) groups excluding carboxylic acids is 1. The molecule has 1 amide bonds. The largest absolute Gasteiger partial charge is 0.495 e. The zero-order valence-corrected chi connectivity index (χ0v) is 12.7. The van der Waals surface area contributed by atoms with Gasteiger partial charge in [-0.05, 0) is 50.0 Å². The first-order chi connectivity index (χ1) is 9.58. The Labute approximate surface area is 125 Å². The van der Waals surface area contributed by atoms with Crippen LogP contribution in [0.4, 0.5) is 5.69 Å². The Morgan fingerprint density at radius 2 is 2.15 bits per heavy atom. The number of hydrogen-bond donors (Lipinski definition) is 1. The van der Waals surface area contributed by atoms with E-state index < -0.39 is 0 Å². The van der Waals surface area contributed by atoms with Gasteiger partial charge in [-0.2, -0.15) is 0 Å². The molecule has 1 heterocycles. The number of methoxy groups -OCH3 is 1. The molecule has 5 heteroatoms. The molecule has 1 aromatic rings. The van der Waals surface area contributed by atoms with Gasteiger partial charge in [-0.3, -0.25) is 9.69 Å². The van der Waals surface area contributed by atoms with E-state index in [0.29, 0.717) is 23.0 Å². The molecule has 1 fully saturated rings. The third kappa shape index (κ3) is 4.12. The minimum atomic E-state index is -0.0277. The van der Waals surface area contributed by atoms with Gasteiger partial charge in [0.1, 0.15) is 5.75 Å². The van der Waals surface area contributed by atoms with Crippen LogP contribution in [-0.2, 0) is 4.79 Å². The maximum absolute atomic E-state index is 12.1. The first-order valence-corrected chi connectivity index (χ1v) is 7.32. The van der Waals surface area contributed by atoms with Crippen molar-refractivity contribution in [3.63, 3.8) is 0 Å². The van der Waals surface area contributed by atoms with Gasteiger partial charge in [0.2, 0.25) is 5.91 Å². The molecular weight excluding hydrogens is 276 g/mol. The number of rotatable bonds is 4. The monoisotopic (exact) mass is 296 g/mol. The fraction of sp³-hybridized carbons (Fsp3) is 0.533. The number of carbonyl (C=O) groups is 1. The molecule has 2 rings (SSSR count). The lowest BCUT2D eigenvalue weighted by atomic mass is 9.99. The lowest BCUT2D eigenvalue weighted by Gasteiger charge is -2.29. The summed E-state index contributed by atoms with van der Waals surface area (Å²) in [6.07, 6.45) is 2.32. The second-order valence-corrected chi connectivity index (χ2v) is 5.79. The first-order valence-electron chi connectivity index (χ1n) is 6.94. The number of likely N-dealkylation sites (tertiary alicyclic amines) is 1. The lowest BCUT2D eigenvalue weighted by Crippen LogP contribution is -2.38. The summed E-state index contributed by atoms with van der Waals surface area (Å²) in [5.74, 6) is 1.36. The van der Waals surface area contributed by atoms with Crippen molar-refractivity contribution < 1.29 is 9.53 Å². The highest BCUT2D eigenvalue weighted by molar-refractivity contribution is 6.31. The average molecular weight is 297 g/mol. The van der Waals surface area contributed by atoms with Gasteiger partial charge in [-0.25, -0.2) is 0 Å². The van der Waals surface area contributed by atoms with Crippen LogP contribution in [0.2, 0.25) is 5.02 Å². The molecule has 0 aromatic heterocycles. The number of amides is 1. The standard InChI is InChI=1S/C15H21ClN2O2/c1-11-5-7-18(8-6-11)10-15(19)17-13-9-12(16)3-4-14(13)20-2/h3-4,9,11H,5-8,10H2,1-2H3,(H,17,19). The quantitative estimate of drug-likeness (QED) is 0.928. The molecule has 0 unspecified atom stereocenters. The van der Waals surface area contributed by atoms with E-state index in [2.05, 4.69) is 17.1 Å². The van der Waals surface area contributed by atoms with Crippen LogP contribution < -0.4 is 10.1 Å². The molecule has 1 aromatic carbocycles. The molecule has 0 spiro atoms. The summed E-state index contributed by atoms with van der Waals surface area (Å²) in [6.45, 7) is 4.65. The van der Waals surface area contributed by atoms with Gasteiger partial charge in [-0.1, -0.05) is 18.5 Å². The van der Waals surface area contributed by atoms with Gasteiger partial charge in [0.25, 0.3) is 0 Å². The molecule has 0 aliphatic carbocycles. The summed E-state index contributed by atoms with van der Waals surface area (Å²) in [4.78, 5) is 14.3. The van der Waals surface area contributed by atoms with Crippen LogP contribution in [0, 0.1) is 5.92 Å². The highest BCUT2D eigenvalue weighted by Gasteiger charge is 2.18. The number of benzene rings is 1. The van der Waals surface area contributed by atoms with Gasteiger partial charge >= 0.3 is 0 Å². The van der Waals surface area contributed by atoms with Gasteiger partial charge in [-0.15, -0.1) is 0 Å². The van der Waals surface area contributed by atoms with Gasteiger partial charge in [0, 0.05) is 5.02 Å². The zero-order valence-electron chi connectivity index (χ0n) is 12.0. The van der Waals surface area contributed by atoms with Crippen LogP contribution in [0.15, 0.2) is 18.2 Å². The molecule has 0 bridgehead atoms. The molecule has 0 radical (unpaired) electrons. The summed E-state index contributed by atoms with van der Waals surface area (Å²) in [6, 6.07) is 5.19. The fourth-order valence-electron chi connectivity index (χ4n) is 2.39. The van der Waals surface area contributed by atoms with E-state index in [9.17, 15) is 4.79 Å². The Bertz CT molecular complexity index is 471. The van der Waals surface area contributed by atoms with E-state index in [1.165, 1.54) is 0 Å². The first kappa shape index (κ1) is 15.1. The van der Waals surface area contributed by atoms with Crippen molar-refractivity contribution in [3.05, 3.63) is 23.2 Å². The predicted molar refractivity (Wildman–Crippen MR) is 81.5 cm³/mol. The minimum absolute atomic E-state index is 0.0277. The number of nitrogens with zero attached hydrogens (tertiary/aromatic N) is 1. The third-order valence-electron chi connectivity index (χ3n) is 3.68. The van der Waals surface area contributed by atoms with Crippen LogP contribution >= 0.6 is 11.6 Å². The Kier molecular flexibility index (Phi) is 5.26. The van der Waals surface area contributed by atoms with E-state index in [-0.39, 0.29) is 5.91 Å². The van der Waals surface area contributed by atoms with Crippen LogP contribution in [0.25, 0.3) is 0 Å². The van der Waals surface area contributed by atoms with E-state index in [1.807, 2.05) is 0 Å². The molecule has 1 aliphatic heterocycles. The highest BCUT2D eigenvalue weighted by atomic mass is 35.5. The topological polar surface area (TPSA) is 41.6 Å². The number of piperidine rings is 1. The molecule has 20 heavy (non-hydrogen) atoms. The Morgan fingerprint density at radius 3 is 2.80 bits per heavy atom. The van der Waals surface area contributed by atoms with Crippen molar-refractivity contribution in [1.29, 1.82) is 0 Å². The summed E-state index contributed by atoms with van der Waals surface area (Å²) >= 11 is 5.95. The minimum Gasteiger partial charge on any atom is -0.495 e. The number of nitrogens with one attached hydrogen (secondary N) is 1. The second kappa shape index (κ2) is 6.95. The van der Waals surface area contributed by atoms with Gasteiger partial charge in [0.05, 0.1) is 19.3 Å². The fourth-order valence-corrected chi connectivity index (χ4v) is 2.56. The van der Waals surface area contributed by atoms with E-state index in [4.69, 9.17) is 16.3 Å². The van der Waals surface area contributed by atoms with E-state index >= 15 is 0 Å². The molecule has 1 saturated heterocycles. The molecule has 110 valence electrons. The highest BCUT2D eigenvalue weighted by Crippen LogP contribution is 2.27. The number of ether oxygens (including phenoxy) is 1. The number of hydrogen-bond acceptors (Lipinski definition) is 3. The smallest absolute Gasteiger partial charge is 0.238 e. The SMILES string of the molecule is COc1ccc(Cl)cc1NC(=O)CN1CCC(C)CC1. The van der Waals surface area contributed by atoms with Crippen LogP contribution in [0.3, 0.4) is 0 Å². The molecule has 1 N–H and O–H groups in total. The average Bonchev–Trinajstić information content (AvgIpc) is 2.41. The second-order valence-electron chi connectivity index (χ2n) is 5.35. The van der Waals surface area contributed by atoms with Gasteiger partial charge < -0.3 is 10.1 Å². The van der Waals surface area contributed by atoms with Crippen LogP contribution in [-0.4, -0.2) is 37.6 Å². The van der Waals surface area contributed by atoms with Crippen molar-refractivity contribution in [2.75, 3.05) is 32.1 Å². The zero-order chi connectivity index (χ0) is 14.5. The molecule has 0 saturated carbocycles. The number of halogens is 1. The molecule has 4 nitrogen and oxygen atoms in total. The Morgan fingerprint density at radius 1 is 1.45 bits per heavy atom. The summed E-state index contributed by atoms with van der Waals surface area (Å²) in [7, 11) is 1.57. The van der Waals surface area contributed by atoms with E-state index in [1.54, 1.807) is 25.3 Å². The summed E-state index contributed by atoms with van der Waals surface area (Å²) < 4.78 is 5.22. The summed E-state index contributed by atoms with van der Waals surface area (Å²) in [5, 5.41) is 3.45. The maximum atomic E-state index is 12.1. The van der Waals surface area contributed by atoms with Crippen molar-refractivity contribution in [1.82, 2.24) is 4.90 Å². The molecule has 0 atom stereocenters. The maximum Gasteiger partial charge on any atom is 0.238 e. The third-order valence-corrected chi connectivity index (χ3v) is 3.91. The van der Waals surface area contributed by atoms with Crippen LogP contribution in [0.1, 0.15) is 19.8 Å². The Hall–Kier alpha value is -1.26. The van der Waals surface area contributed by atoms with Crippen molar-refractivity contribution >= 4 is 23.2 Å².